The number of hydrogen-bond acceptors (Lipinski definition) is 6. The summed E-state index contributed by atoms with van der Waals surface area (Å²) in [5.41, 5.74) is 4.38. The first-order valence-corrected chi connectivity index (χ1v) is 9.67. The summed E-state index contributed by atoms with van der Waals surface area (Å²) in [5.74, 6) is 2.49. The van der Waals surface area contributed by atoms with Gasteiger partial charge in [-0.2, -0.15) is 0 Å². The molecule has 0 atom stereocenters. The van der Waals surface area contributed by atoms with E-state index in [-0.39, 0.29) is 5.91 Å². The monoisotopic (exact) mass is 387 g/mol. The Morgan fingerprint density at radius 3 is 2.57 bits per heavy atom. The molecule has 3 rings (SSSR count). The fourth-order valence-corrected chi connectivity index (χ4v) is 3.59. The van der Waals surface area contributed by atoms with Crippen LogP contribution < -0.4 is 14.8 Å². The average molecular weight is 387 g/mol. The number of amides is 1. The van der Waals surface area contributed by atoms with Crippen molar-refractivity contribution < 1.29 is 18.8 Å². The lowest BCUT2D eigenvalue weighted by Crippen LogP contribution is -2.36. The first-order chi connectivity index (χ1) is 13.5. The van der Waals surface area contributed by atoms with E-state index >= 15 is 0 Å². The van der Waals surface area contributed by atoms with Crippen molar-refractivity contribution in [1.29, 1.82) is 0 Å². The molecule has 28 heavy (non-hydrogen) atoms. The van der Waals surface area contributed by atoms with Crippen molar-refractivity contribution in [2.75, 3.05) is 27.3 Å². The zero-order valence-electron chi connectivity index (χ0n) is 17.1. The Morgan fingerprint density at radius 2 is 1.93 bits per heavy atom. The predicted octanol–water partition coefficient (Wildman–Crippen LogP) is 2.76. The summed E-state index contributed by atoms with van der Waals surface area (Å²) in [7, 11) is 3.27. The number of nitrogens with one attached hydrogen (secondary N) is 1. The molecule has 0 radical (unpaired) electrons. The standard InChI is InChI=1S/C21H29N3O4/c1-14-18(15(2)28-23-14)12-22-8-5-6-21(25)24-9-7-16-10-19(26-3)20(27-4)11-17(16)13-24/h10-11,22H,5-9,12-13H2,1-4H3. The maximum Gasteiger partial charge on any atom is 0.222 e. The van der Waals surface area contributed by atoms with Crippen LogP contribution >= 0.6 is 0 Å². The second-order valence-corrected chi connectivity index (χ2v) is 7.12. The highest BCUT2D eigenvalue weighted by Gasteiger charge is 2.22. The normalized spacial score (nSPS) is 13.4. The number of aryl methyl sites for hydroxylation is 2. The van der Waals surface area contributed by atoms with Crippen LogP contribution in [0.5, 0.6) is 11.5 Å². The smallest absolute Gasteiger partial charge is 0.222 e. The quantitative estimate of drug-likeness (QED) is 0.702. The third-order valence-electron chi connectivity index (χ3n) is 5.30. The molecule has 0 bridgehead atoms. The van der Waals surface area contributed by atoms with Gasteiger partial charge in [0.05, 0.1) is 19.9 Å². The molecule has 1 aromatic carbocycles. The Kier molecular flexibility index (Phi) is 6.57. The number of ether oxygens (including phenoxy) is 2. The minimum atomic E-state index is 0.194. The number of carbonyl (C=O) groups is 1. The summed E-state index contributed by atoms with van der Waals surface area (Å²) in [6, 6.07) is 4.01. The second-order valence-electron chi connectivity index (χ2n) is 7.12. The Hall–Kier alpha value is -2.54. The maximum absolute atomic E-state index is 12.6. The lowest BCUT2D eigenvalue weighted by Gasteiger charge is -2.29. The number of hydrogen-bond donors (Lipinski definition) is 1. The number of methoxy groups -OCH3 is 2. The highest BCUT2D eigenvalue weighted by atomic mass is 16.5. The van der Waals surface area contributed by atoms with E-state index in [1.54, 1.807) is 14.2 Å². The van der Waals surface area contributed by atoms with Crippen molar-refractivity contribution in [3.8, 4) is 11.5 Å². The lowest BCUT2D eigenvalue weighted by atomic mass is 9.98. The Bertz CT molecular complexity index is 812. The number of carbonyl (C=O) groups excluding carboxylic acids is 1. The predicted molar refractivity (Wildman–Crippen MR) is 106 cm³/mol. The van der Waals surface area contributed by atoms with Gasteiger partial charge in [-0.3, -0.25) is 4.79 Å². The van der Waals surface area contributed by atoms with Gasteiger partial charge in [0.1, 0.15) is 5.76 Å². The number of fused-ring (bicyclic) bond motifs is 1. The summed E-state index contributed by atoms with van der Waals surface area (Å²) in [6.45, 7) is 6.73. The molecule has 0 saturated carbocycles. The molecule has 1 aliphatic rings. The van der Waals surface area contributed by atoms with Gasteiger partial charge in [0, 0.05) is 31.6 Å². The summed E-state index contributed by atoms with van der Waals surface area (Å²) in [5, 5.41) is 7.32. The van der Waals surface area contributed by atoms with Crippen LogP contribution in [-0.4, -0.2) is 43.3 Å². The van der Waals surface area contributed by atoms with Gasteiger partial charge in [-0.25, -0.2) is 0 Å². The van der Waals surface area contributed by atoms with Gasteiger partial charge in [-0.15, -0.1) is 0 Å². The molecule has 1 aliphatic heterocycles. The summed E-state index contributed by atoms with van der Waals surface area (Å²) in [6.07, 6.45) is 2.18. The maximum atomic E-state index is 12.6. The molecular weight excluding hydrogens is 358 g/mol. The van der Waals surface area contributed by atoms with E-state index in [2.05, 4.69) is 10.5 Å². The molecule has 0 spiro atoms. The van der Waals surface area contributed by atoms with Gasteiger partial charge in [0.25, 0.3) is 0 Å². The van der Waals surface area contributed by atoms with Crippen LogP contribution in [-0.2, 0) is 24.3 Å². The topological polar surface area (TPSA) is 76.8 Å². The molecule has 1 amide bonds. The van der Waals surface area contributed by atoms with E-state index in [1.807, 2.05) is 30.9 Å². The van der Waals surface area contributed by atoms with E-state index in [1.165, 1.54) is 5.56 Å². The number of nitrogens with zero attached hydrogens (tertiary/aromatic N) is 2. The molecule has 1 aromatic heterocycles. The largest absolute Gasteiger partial charge is 0.493 e. The average Bonchev–Trinajstić information content (AvgIpc) is 3.03. The molecule has 0 saturated heterocycles. The van der Waals surface area contributed by atoms with Gasteiger partial charge < -0.3 is 24.2 Å². The van der Waals surface area contributed by atoms with Crippen molar-refractivity contribution in [2.45, 2.75) is 46.2 Å². The highest BCUT2D eigenvalue weighted by Crippen LogP contribution is 2.33. The van der Waals surface area contributed by atoms with Crippen molar-refractivity contribution in [2.24, 2.45) is 0 Å². The van der Waals surface area contributed by atoms with Gasteiger partial charge >= 0.3 is 0 Å². The van der Waals surface area contributed by atoms with Crippen LogP contribution in [0.4, 0.5) is 0 Å². The highest BCUT2D eigenvalue weighted by molar-refractivity contribution is 5.76. The first kappa shape index (κ1) is 20.2. The van der Waals surface area contributed by atoms with Gasteiger partial charge in [-0.05, 0) is 56.5 Å². The zero-order valence-corrected chi connectivity index (χ0v) is 17.1. The Morgan fingerprint density at radius 1 is 1.21 bits per heavy atom. The summed E-state index contributed by atoms with van der Waals surface area (Å²) < 4.78 is 15.9. The fourth-order valence-electron chi connectivity index (χ4n) is 3.59. The third-order valence-corrected chi connectivity index (χ3v) is 5.30. The molecule has 0 aliphatic carbocycles. The lowest BCUT2D eigenvalue weighted by molar-refractivity contribution is -0.132. The van der Waals surface area contributed by atoms with Crippen LogP contribution in [0.1, 0.15) is 41.0 Å². The van der Waals surface area contributed by atoms with E-state index in [4.69, 9.17) is 14.0 Å². The van der Waals surface area contributed by atoms with E-state index in [0.717, 1.165) is 54.3 Å². The van der Waals surface area contributed by atoms with E-state index in [0.29, 0.717) is 25.3 Å². The number of benzene rings is 1. The SMILES string of the molecule is COc1cc2c(cc1OC)CN(C(=O)CCCNCc1c(C)noc1C)CC2. The van der Waals surface area contributed by atoms with Gasteiger partial charge in [0.15, 0.2) is 11.5 Å². The minimum absolute atomic E-state index is 0.194. The molecule has 0 unspecified atom stereocenters. The first-order valence-electron chi connectivity index (χ1n) is 9.67. The molecule has 7 nitrogen and oxygen atoms in total. The molecule has 0 fully saturated rings. The van der Waals surface area contributed by atoms with Crippen molar-refractivity contribution >= 4 is 5.91 Å². The molecule has 2 heterocycles. The molecular formula is C21H29N3O4. The van der Waals surface area contributed by atoms with Crippen LogP contribution in [0, 0.1) is 13.8 Å². The van der Waals surface area contributed by atoms with Crippen molar-refractivity contribution in [3.63, 3.8) is 0 Å². The number of aromatic nitrogens is 1. The van der Waals surface area contributed by atoms with Gasteiger partial charge in [0.2, 0.25) is 5.91 Å². The Balaban J connectivity index is 1.47. The summed E-state index contributed by atoms with van der Waals surface area (Å²) >= 11 is 0. The minimum Gasteiger partial charge on any atom is -0.493 e. The van der Waals surface area contributed by atoms with Crippen LogP contribution in [0.3, 0.4) is 0 Å². The third kappa shape index (κ3) is 4.47. The second kappa shape index (κ2) is 9.10. The van der Waals surface area contributed by atoms with Crippen LogP contribution in [0.2, 0.25) is 0 Å². The molecule has 152 valence electrons. The number of rotatable bonds is 8. The fraction of sp³-hybridized carbons (Fsp3) is 0.524. The van der Waals surface area contributed by atoms with E-state index in [9.17, 15) is 4.79 Å². The molecule has 2 aromatic rings. The molecule has 7 heteroatoms. The zero-order chi connectivity index (χ0) is 20.1. The van der Waals surface area contributed by atoms with Gasteiger partial charge in [-0.1, -0.05) is 5.16 Å². The van der Waals surface area contributed by atoms with Crippen molar-refractivity contribution in [3.05, 3.63) is 40.3 Å². The van der Waals surface area contributed by atoms with E-state index < -0.39 is 0 Å². The van der Waals surface area contributed by atoms with Crippen LogP contribution in [0.25, 0.3) is 0 Å². The van der Waals surface area contributed by atoms with Crippen LogP contribution in [0.15, 0.2) is 16.7 Å². The molecule has 1 N–H and O–H groups in total. The Labute approximate surface area is 166 Å². The van der Waals surface area contributed by atoms with Crippen molar-refractivity contribution in [1.82, 2.24) is 15.4 Å². The summed E-state index contributed by atoms with van der Waals surface area (Å²) in [4.78, 5) is 14.5.